The number of benzene rings is 2. The molecule has 3 aromatic rings. The largest absolute Gasteiger partial charge is 0.431 e. The summed E-state index contributed by atoms with van der Waals surface area (Å²) in [7, 11) is -3.48. The van der Waals surface area contributed by atoms with Crippen LogP contribution < -0.4 is 9.47 Å². The molecule has 1 heterocycles. The topological polar surface area (TPSA) is 81.3 Å². The fraction of sp³-hybridized carbons (Fsp3) is 0.167. The zero-order valence-electron chi connectivity index (χ0n) is 14.8. The first-order chi connectivity index (χ1) is 13.6. The van der Waals surface area contributed by atoms with Crippen molar-refractivity contribution in [1.29, 1.82) is 0 Å². The summed E-state index contributed by atoms with van der Waals surface area (Å²) in [5.41, 5.74) is 1.10. The fourth-order valence-electron chi connectivity index (χ4n) is 2.59. The van der Waals surface area contributed by atoms with Gasteiger partial charge in [-0.1, -0.05) is 18.2 Å². The number of para-hydroxylation sites is 1. The van der Waals surface area contributed by atoms with E-state index in [1.54, 1.807) is 12.1 Å². The molecular weight excluding hydrogens is 416 g/mol. The quantitative estimate of drug-likeness (QED) is 0.564. The molecule has 0 unspecified atom stereocenters. The molecule has 0 saturated carbocycles. The van der Waals surface area contributed by atoms with E-state index in [2.05, 4.69) is 19.4 Å². The Labute approximate surface area is 162 Å². The first kappa shape index (κ1) is 20.6. The highest BCUT2D eigenvalue weighted by molar-refractivity contribution is 7.91. The van der Waals surface area contributed by atoms with Crippen molar-refractivity contribution in [3.05, 3.63) is 47.8 Å². The number of hydrogen-bond donors (Lipinski definition) is 1. The van der Waals surface area contributed by atoms with E-state index < -0.39 is 34.6 Å². The molecule has 3 rings (SSSR count). The maximum absolute atomic E-state index is 12.5. The number of fused-ring (bicyclic) bond motifs is 1. The van der Waals surface area contributed by atoms with Crippen molar-refractivity contribution in [2.24, 2.45) is 0 Å². The van der Waals surface area contributed by atoms with E-state index in [1.165, 1.54) is 24.3 Å². The number of alkyl halides is 4. The number of halogens is 4. The molecule has 11 heteroatoms. The van der Waals surface area contributed by atoms with Crippen molar-refractivity contribution in [2.75, 3.05) is 6.26 Å². The summed E-state index contributed by atoms with van der Waals surface area (Å²) in [6.07, 6.45) is 4.00. The van der Waals surface area contributed by atoms with Crippen LogP contribution in [0.2, 0.25) is 0 Å². The SMILES string of the molecule is CS(=O)(=O)c1cccc2[nH]c(/C=C/c3ccc(OC(F)F)c(OC(F)F)c3)nc12. The predicted molar refractivity (Wildman–Crippen MR) is 97.8 cm³/mol. The van der Waals surface area contributed by atoms with Gasteiger partial charge < -0.3 is 14.5 Å². The van der Waals surface area contributed by atoms with E-state index in [0.29, 0.717) is 16.9 Å². The van der Waals surface area contributed by atoms with Crippen LogP contribution in [0.4, 0.5) is 17.6 Å². The Kier molecular flexibility index (Phi) is 5.78. The van der Waals surface area contributed by atoms with Crippen molar-refractivity contribution in [2.45, 2.75) is 18.1 Å². The number of hydrogen-bond acceptors (Lipinski definition) is 5. The van der Waals surface area contributed by atoms with Gasteiger partial charge in [0.15, 0.2) is 21.3 Å². The lowest BCUT2D eigenvalue weighted by Gasteiger charge is -2.12. The minimum atomic E-state index is -3.48. The molecule has 0 saturated heterocycles. The molecule has 0 amide bonds. The maximum Gasteiger partial charge on any atom is 0.387 e. The summed E-state index contributed by atoms with van der Waals surface area (Å²) in [4.78, 5) is 7.21. The van der Waals surface area contributed by atoms with Gasteiger partial charge in [-0.2, -0.15) is 17.6 Å². The second-order valence-corrected chi connectivity index (χ2v) is 7.83. The number of nitrogens with zero attached hydrogens (tertiary/aromatic N) is 1. The third kappa shape index (κ3) is 5.05. The van der Waals surface area contributed by atoms with Gasteiger partial charge in [-0.25, -0.2) is 13.4 Å². The molecule has 0 fully saturated rings. The Morgan fingerprint density at radius 3 is 2.34 bits per heavy atom. The molecule has 0 spiro atoms. The van der Waals surface area contributed by atoms with Crippen LogP contribution in [0.15, 0.2) is 41.3 Å². The van der Waals surface area contributed by atoms with Crippen molar-refractivity contribution in [3.63, 3.8) is 0 Å². The molecule has 0 aliphatic rings. The lowest BCUT2D eigenvalue weighted by Crippen LogP contribution is -2.07. The number of H-pyrrole nitrogens is 1. The zero-order chi connectivity index (χ0) is 21.2. The van der Waals surface area contributed by atoms with Crippen molar-refractivity contribution < 1.29 is 35.5 Å². The van der Waals surface area contributed by atoms with Gasteiger partial charge in [0.05, 0.1) is 10.4 Å². The normalized spacial score (nSPS) is 12.4. The molecule has 1 aromatic heterocycles. The molecule has 0 radical (unpaired) electrons. The zero-order valence-corrected chi connectivity index (χ0v) is 15.6. The third-order valence-corrected chi connectivity index (χ3v) is 4.86. The van der Waals surface area contributed by atoms with E-state index in [-0.39, 0.29) is 10.4 Å². The molecule has 154 valence electrons. The summed E-state index contributed by atoms with van der Waals surface area (Å²) in [6.45, 7) is -6.42. The fourth-order valence-corrected chi connectivity index (χ4v) is 3.42. The minimum absolute atomic E-state index is 0.0621. The van der Waals surface area contributed by atoms with Gasteiger partial charge in [-0.15, -0.1) is 0 Å². The summed E-state index contributed by atoms with van der Waals surface area (Å²) in [5.74, 6) is -0.772. The molecule has 0 aliphatic heterocycles. The highest BCUT2D eigenvalue weighted by atomic mass is 32.2. The number of imidazole rings is 1. The van der Waals surface area contributed by atoms with Crippen LogP contribution in [0.5, 0.6) is 11.5 Å². The summed E-state index contributed by atoms with van der Waals surface area (Å²) in [6, 6.07) is 8.19. The number of rotatable bonds is 7. The van der Waals surface area contributed by atoms with E-state index in [9.17, 15) is 26.0 Å². The first-order valence-electron chi connectivity index (χ1n) is 8.04. The second-order valence-electron chi connectivity index (χ2n) is 5.84. The van der Waals surface area contributed by atoms with Crippen LogP contribution >= 0.6 is 0 Å². The average Bonchev–Trinajstić information content (AvgIpc) is 3.03. The first-order valence-corrected chi connectivity index (χ1v) is 9.93. The Balaban J connectivity index is 1.93. The predicted octanol–water partition coefficient (Wildman–Crippen LogP) is 4.34. The van der Waals surface area contributed by atoms with E-state index in [4.69, 9.17) is 0 Å². The average molecular weight is 430 g/mol. The number of sulfone groups is 1. The van der Waals surface area contributed by atoms with Gasteiger partial charge in [0.25, 0.3) is 0 Å². The van der Waals surface area contributed by atoms with Gasteiger partial charge in [-0.3, -0.25) is 0 Å². The summed E-state index contributed by atoms with van der Waals surface area (Å²) in [5, 5.41) is 0. The monoisotopic (exact) mass is 430 g/mol. The molecule has 29 heavy (non-hydrogen) atoms. The van der Waals surface area contributed by atoms with Crippen LogP contribution in [0.3, 0.4) is 0 Å². The van der Waals surface area contributed by atoms with Crippen LogP contribution in [-0.2, 0) is 9.84 Å². The van der Waals surface area contributed by atoms with Crippen LogP contribution in [0, 0.1) is 0 Å². The van der Waals surface area contributed by atoms with Crippen LogP contribution in [-0.4, -0.2) is 37.9 Å². The van der Waals surface area contributed by atoms with Crippen molar-refractivity contribution >= 4 is 33.0 Å². The van der Waals surface area contributed by atoms with Crippen molar-refractivity contribution in [1.82, 2.24) is 9.97 Å². The van der Waals surface area contributed by atoms with Crippen LogP contribution in [0.25, 0.3) is 23.2 Å². The van der Waals surface area contributed by atoms with Gasteiger partial charge >= 0.3 is 13.2 Å². The summed E-state index contributed by atoms with van der Waals surface area (Å²) < 4.78 is 81.9. The highest BCUT2D eigenvalue weighted by Gasteiger charge is 2.16. The van der Waals surface area contributed by atoms with Crippen molar-refractivity contribution in [3.8, 4) is 11.5 Å². The van der Waals surface area contributed by atoms with Gasteiger partial charge in [0, 0.05) is 6.26 Å². The lowest BCUT2D eigenvalue weighted by molar-refractivity contribution is -0.0692. The minimum Gasteiger partial charge on any atom is -0.431 e. The van der Waals surface area contributed by atoms with E-state index in [1.807, 2.05) is 0 Å². The molecule has 1 N–H and O–H groups in total. The molecule has 0 bridgehead atoms. The summed E-state index contributed by atoms with van der Waals surface area (Å²) >= 11 is 0. The molecule has 6 nitrogen and oxygen atoms in total. The Hall–Kier alpha value is -3.08. The molecule has 2 aromatic carbocycles. The second kappa shape index (κ2) is 8.11. The van der Waals surface area contributed by atoms with E-state index in [0.717, 1.165) is 18.4 Å². The smallest absolute Gasteiger partial charge is 0.387 e. The van der Waals surface area contributed by atoms with Crippen LogP contribution in [0.1, 0.15) is 11.4 Å². The Morgan fingerprint density at radius 1 is 1.00 bits per heavy atom. The Bertz CT molecular complexity index is 1160. The third-order valence-electron chi connectivity index (χ3n) is 3.73. The molecule has 0 atom stereocenters. The lowest BCUT2D eigenvalue weighted by atomic mass is 10.2. The molecule has 0 aliphatic carbocycles. The highest BCUT2D eigenvalue weighted by Crippen LogP contribution is 2.32. The standard InChI is InChI=1S/C18H14F4N2O4S/c1-29(25,26)14-4-2-3-11-16(14)24-15(23-11)8-6-10-5-7-12(27-17(19)20)13(9-10)28-18(21)22/h2-9,17-18H,1H3,(H,23,24)/b8-6+. The maximum atomic E-state index is 12.5. The number of aromatic amines is 1. The number of nitrogens with one attached hydrogen (secondary N) is 1. The molecular formula is C18H14F4N2O4S. The van der Waals surface area contributed by atoms with Gasteiger partial charge in [-0.05, 0) is 35.9 Å². The number of ether oxygens (including phenoxy) is 2. The van der Waals surface area contributed by atoms with Gasteiger partial charge in [0.1, 0.15) is 11.3 Å². The van der Waals surface area contributed by atoms with Gasteiger partial charge in [0.2, 0.25) is 0 Å². The van der Waals surface area contributed by atoms with E-state index >= 15 is 0 Å². The number of aromatic nitrogens is 2. The Morgan fingerprint density at radius 2 is 1.69 bits per heavy atom.